The number of allylic oxidation sites excluding steroid dienone is 1. The van der Waals surface area contributed by atoms with Gasteiger partial charge in [-0.3, -0.25) is 9.48 Å². The number of primary amides is 1. The Labute approximate surface area is 189 Å². The van der Waals surface area contributed by atoms with Crippen LogP contribution in [0.2, 0.25) is 0 Å². The molecular formula is C21H27BrN8O. The van der Waals surface area contributed by atoms with Crippen molar-refractivity contribution in [2.75, 3.05) is 30.3 Å². The molecule has 0 radical (unpaired) electrons. The Bertz CT molecular complexity index is 986. The van der Waals surface area contributed by atoms with E-state index in [1.165, 1.54) is 25.9 Å². The molecule has 5 rings (SSSR count). The second kappa shape index (κ2) is 8.58. The van der Waals surface area contributed by atoms with Crippen LogP contribution in [-0.4, -0.2) is 56.2 Å². The Kier molecular flexibility index (Phi) is 5.66. The van der Waals surface area contributed by atoms with Crippen molar-refractivity contribution >= 4 is 39.3 Å². The first-order chi connectivity index (χ1) is 15.1. The van der Waals surface area contributed by atoms with Gasteiger partial charge in [0.15, 0.2) is 0 Å². The van der Waals surface area contributed by atoms with Crippen molar-refractivity contribution < 1.29 is 4.79 Å². The fourth-order valence-corrected chi connectivity index (χ4v) is 5.33. The van der Waals surface area contributed by atoms with Crippen molar-refractivity contribution in [1.29, 1.82) is 0 Å². The fraction of sp³-hybridized carbons (Fsp3) is 0.524. The quantitative estimate of drug-likeness (QED) is 0.490. The second-order valence-corrected chi connectivity index (χ2v) is 9.46. The van der Waals surface area contributed by atoms with Gasteiger partial charge in [-0.2, -0.15) is 10.1 Å². The molecule has 2 fully saturated rings. The van der Waals surface area contributed by atoms with Crippen LogP contribution in [-0.2, 0) is 11.3 Å². The van der Waals surface area contributed by atoms with E-state index in [-0.39, 0.29) is 29.7 Å². The monoisotopic (exact) mass is 486 g/mol. The summed E-state index contributed by atoms with van der Waals surface area (Å²) in [5.74, 6) is 1.13. The summed E-state index contributed by atoms with van der Waals surface area (Å²) in [6, 6.07) is -0.0557. The van der Waals surface area contributed by atoms with E-state index in [1.807, 2.05) is 10.9 Å². The average Bonchev–Trinajstić information content (AvgIpc) is 3.54. The number of carbonyl (C=O) groups is 1. The van der Waals surface area contributed by atoms with Gasteiger partial charge in [0.05, 0.1) is 28.8 Å². The van der Waals surface area contributed by atoms with Gasteiger partial charge in [0.25, 0.3) is 0 Å². The molecule has 31 heavy (non-hydrogen) atoms. The van der Waals surface area contributed by atoms with Crippen LogP contribution in [0.1, 0.15) is 19.3 Å². The number of nitrogens with one attached hydrogen (secondary N) is 2. The maximum absolute atomic E-state index is 12.0. The van der Waals surface area contributed by atoms with Gasteiger partial charge in [-0.1, -0.05) is 12.2 Å². The number of likely N-dealkylation sites (tertiary alicyclic amines) is 1. The summed E-state index contributed by atoms with van der Waals surface area (Å²) in [5.41, 5.74) is 6.52. The van der Waals surface area contributed by atoms with E-state index in [2.05, 4.69) is 58.7 Å². The number of amides is 1. The fourth-order valence-electron chi connectivity index (χ4n) is 5.02. The van der Waals surface area contributed by atoms with Crippen LogP contribution < -0.4 is 16.4 Å². The molecule has 4 atom stereocenters. The van der Waals surface area contributed by atoms with Crippen LogP contribution in [0.5, 0.6) is 0 Å². The standard InChI is InChI=1S/C21H27BrN8O/c22-16-11-24-21(26-15-10-25-30(12-15)8-7-29-5-1-2-6-29)28-20(16)27-18-14-4-3-13(9-14)17(18)19(23)31/h3-4,10-14,17-18H,1-2,5-9H2,(H2,23,31)(H2,24,26,27,28)/t13-,14-,17-,18+/m1/s1. The largest absolute Gasteiger partial charge is 0.369 e. The van der Waals surface area contributed by atoms with E-state index in [1.54, 1.807) is 12.4 Å². The molecule has 164 valence electrons. The highest BCUT2D eigenvalue weighted by atomic mass is 79.9. The summed E-state index contributed by atoms with van der Waals surface area (Å²) in [7, 11) is 0. The minimum atomic E-state index is -0.265. The predicted octanol–water partition coefficient (Wildman–Crippen LogP) is 2.36. The molecule has 1 saturated carbocycles. The Morgan fingerprint density at radius 3 is 2.81 bits per heavy atom. The molecule has 2 aliphatic carbocycles. The highest BCUT2D eigenvalue weighted by molar-refractivity contribution is 9.10. The molecule has 1 amide bonds. The summed E-state index contributed by atoms with van der Waals surface area (Å²) in [6.07, 6.45) is 13.3. The third kappa shape index (κ3) is 4.31. The van der Waals surface area contributed by atoms with Crippen LogP contribution in [0.25, 0.3) is 0 Å². The van der Waals surface area contributed by atoms with E-state index in [0.717, 1.165) is 29.7 Å². The Hall–Kier alpha value is -2.46. The molecule has 4 N–H and O–H groups in total. The zero-order valence-corrected chi connectivity index (χ0v) is 18.8. The van der Waals surface area contributed by atoms with Crippen molar-refractivity contribution in [2.45, 2.75) is 31.8 Å². The van der Waals surface area contributed by atoms with Gasteiger partial charge in [-0.15, -0.1) is 0 Å². The van der Waals surface area contributed by atoms with Crippen molar-refractivity contribution in [3.8, 4) is 0 Å². The Balaban J connectivity index is 1.25. The van der Waals surface area contributed by atoms with Crippen LogP contribution in [0.15, 0.2) is 35.2 Å². The molecule has 2 aromatic heterocycles. The summed E-state index contributed by atoms with van der Waals surface area (Å²) in [4.78, 5) is 23.5. The van der Waals surface area contributed by atoms with Crippen molar-refractivity contribution in [1.82, 2.24) is 24.6 Å². The highest BCUT2D eigenvalue weighted by Crippen LogP contribution is 2.45. The number of rotatable bonds is 8. The normalized spacial score (nSPS) is 27.1. The number of fused-ring (bicyclic) bond motifs is 2. The molecule has 0 aromatic carbocycles. The molecule has 3 heterocycles. The highest BCUT2D eigenvalue weighted by Gasteiger charge is 2.47. The molecule has 0 spiro atoms. The van der Waals surface area contributed by atoms with Crippen molar-refractivity contribution in [3.63, 3.8) is 0 Å². The maximum Gasteiger partial charge on any atom is 0.229 e. The number of carbonyl (C=O) groups excluding carboxylic acids is 1. The first-order valence-electron chi connectivity index (χ1n) is 10.9. The van der Waals surface area contributed by atoms with Gasteiger partial charge < -0.3 is 21.3 Å². The van der Waals surface area contributed by atoms with Crippen LogP contribution >= 0.6 is 15.9 Å². The SMILES string of the molecule is NC(=O)[C@H]1[C@@H](Nc2nc(Nc3cnn(CCN4CCCC4)c3)ncc2Br)[C@@H]2C=C[C@@H]1C2. The maximum atomic E-state index is 12.0. The summed E-state index contributed by atoms with van der Waals surface area (Å²) >= 11 is 3.52. The van der Waals surface area contributed by atoms with E-state index in [4.69, 9.17) is 5.73 Å². The summed E-state index contributed by atoms with van der Waals surface area (Å²) in [6.45, 7) is 4.25. The molecule has 0 unspecified atom stereocenters. The molecule has 1 saturated heterocycles. The van der Waals surface area contributed by atoms with Crippen LogP contribution in [0.4, 0.5) is 17.5 Å². The number of nitrogens with two attached hydrogens (primary N) is 1. The van der Waals surface area contributed by atoms with E-state index >= 15 is 0 Å². The lowest BCUT2D eigenvalue weighted by Crippen LogP contribution is -2.41. The number of anilines is 3. The minimum Gasteiger partial charge on any atom is -0.369 e. The van der Waals surface area contributed by atoms with Crippen LogP contribution in [0.3, 0.4) is 0 Å². The molecule has 9 nitrogen and oxygen atoms in total. The number of hydrogen-bond acceptors (Lipinski definition) is 7. The van der Waals surface area contributed by atoms with Crippen molar-refractivity contribution in [3.05, 3.63) is 35.2 Å². The first-order valence-corrected chi connectivity index (χ1v) is 11.6. The molecule has 1 aliphatic heterocycles. The lowest BCUT2D eigenvalue weighted by atomic mass is 9.88. The number of hydrogen-bond donors (Lipinski definition) is 3. The third-order valence-electron chi connectivity index (χ3n) is 6.57. The lowest BCUT2D eigenvalue weighted by Gasteiger charge is -2.27. The number of aromatic nitrogens is 4. The smallest absolute Gasteiger partial charge is 0.229 e. The van der Waals surface area contributed by atoms with E-state index in [0.29, 0.717) is 11.8 Å². The second-order valence-electron chi connectivity index (χ2n) is 8.60. The van der Waals surface area contributed by atoms with E-state index in [9.17, 15) is 4.79 Å². The molecule has 2 aromatic rings. The topological polar surface area (TPSA) is 114 Å². The predicted molar refractivity (Wildman–Crippen MR) is 122 cm³/mol. The Morgan fingerprint density at radius 2 is 2.00 bits per heavy atom. The molecular weight excluding hydrogens is 460 g/mol. The minimum absolute atomic E-state index is 0.0557. The van der Waals surface area contributed by atoms with Gasteiger partial charge in [0.2, 0.25) is 11.9 Å². The summed E-state index contributed by atoms with van der Waals surface area (Å²) < 4.78 is 2.69. The van der Waals surface area contributed by atoms with Crippen molar-refractivity contribution in [2.24, 2.45) is 23.5 Å². The Morgan fingerprint density at radius 1 is 1.19 bits per heavy atom. The number of halogens is 1. The molecule has 10 heteroatoms. The van der Waals surface area contributed by atoms with Crippen LogP contribution in [0, 0.1) is 17.8 Å². The first kappa shape index (κ1) is 20.4. The van der Waals surface area contributed by atoms with Gasteiger partial charge in [0.1, 0.15) is 5.82 Å². The van der Waals surface area contributed by atoms with Gasteiger partial charge in [-0.05, 0) is 60.1 Å². The van der Waals surface area contributed by atoms with Gasteiger partial charge in [0, 0.05) is 25.0 Å². The molecule has 3 aliphatic rings. The van der Waals surface area contributed by atoms with Gasteiger partial charge in [-0.25, -0.2) is 4.98 Å². The zero-order chi connectivity index (χ0) is 21.4. The van der Waals surface area contributed by atoms with Gasteiger partial charge >= 0.3 is 0 Å². The lowest BCUT2D eigenvalue weighted by molar-refractivity contribution is -0.122. The van der Waals surface area contributed by atoms with E-state index < -0.39 is 0 Å². The third-order valence-corrected chi connectivity index (χ3v) is 7.15. The zero-order valence-electron chi connectivity index (χ0n) is 17.2. The number of nitrogens with zero attached hydrogens (tertiary/aromatic N) is 5. The molecule has 2 bridgehead atoms. The summed E-state index contributed by atoms with van der Waals surface area (Å²) in [5, 5.41) is 11.1. The average molecular weight is 487 g/mol.